The largest absolute Gasteiger partial charge is 0.483 e. The quantitative estimate of drug-likeness (QED) is 0.566. The van der Waals surface area contributed by atoms with Crippen LogP contribution in [0.2, 0.25) is 0 Å². The number of alkyl halides is 1. The summed E-state index contributed by atoms with van der Waals surface area (Å²) in [6, 6.07) is 4.26. The molecule has 1 aliphatic heterocycles. The fourth-order valence-corrected chi connectivity index (χ4v) is 1.90. The third-order valence-electron chi connectivity index (χ3n) is 3.00. The predicted octanol–water partition coefficient (Wildman–Crippen LogP) is 2.52. The molecule has 1 atom stereocenters. The molecular weight excluding hydrogens is 239 g/mol. The first kappa shape index (κ1) is 12.3. The van der Waals surface area contributed by atoms with Crippen LogP contribution >= 0.6 is 0 Å². The molecule has 0 aliphatic carbocycles. The fraction of sp³-hybridized carbons (Fsp3) is 0.417. The second-order valence-electron chi connectivity index (χ2n) is 4.73. The van der Waals surface area contributed by atoms with Gasteiger partial charge in [-0.1, -0.05) is 0 Å². The van der Waals surface area contributed by atoms with Crippen LogP contribution in [-0.2, 0) is 6.42 Å². The fourth-order valence-electron chi connectivity index (χ4n) is 1.90. The molecule has 94 valence electrons. The van der Waals surface area contributed by atoms with Crippen molar-refractivity contribution in [2.24, 2.45) is 0 Å². The van der Waals surface area contributed by atoms with E-state index in [-0.39, 0.29) is 23.4 Å². The third-order valence-corrected chi connectivity index (χ3v) is 3.00. The summed E-state index contributed by atoms with van der Waals surface area (Å²) in [5.74, 6) is 0.252. The van der Waals surface area contributed by atoms with Crippen molar-refractivity contribution in [1.82, 2.24) is 0 Å². The highest BCUT2D eigenvalue weighted by Gasteiger charge is 2.39. The summed E-state index contributed by atoms with van der Waals surface area (Å²) in [7, 11) is 0. The zero-order chi connectivity index (χ0) is 13.5. The number of nitrogens with zero attached hydrogens (tertiary/aromatic N) is 2. The van der Waals surface area contributed by atoms with E-state index < -0.39 is 16.7 Å². The number of benzene rings is 1. The molecule has 0 saturated carbocycles. The van der Waals surface area contributed by atoms with Gasteiger partial charge < -0.3 is 4.74 Å². The standard InChI is InChI=1S/C12H11FN2O3/c1-12(2)10(13)5-7-3-9(15(16)17)4-8(6-14)11(7)18-12/h3-4,10H,5H2,1-2H3. The number of nitriles is 1. The molecule has 0 radical (unpaired) electrons. The summed E-state index contributed by atoms with van der Waals surface area (Å²) in [6.07, 6.45) is -1.25. The minimum atomic E-state index is -1.27. The third kappa shape index (κ3) is 1.88. The number of non-ortho nitro benzene ring substituents is 1. The molecule has 5 nitrogen and oxygen atoms in total. The lowest BCUT2D eigenvalue weighted by molar-refractivity contribution is -0.385. The molecule has 0 N–H and O–H groups in total. The van der Waals surface area contributed by atoms with E-state index >= 15 is 0 Å². The van der Waals surface area contributed by atoms with Crippen LogP contribution in [-0.4, -0.2) is 16.7 Å². The maximum absolute atomic E-state index is 13.8. The van der Waals surface area contributed by atoms with E-state index in [4.69, 9.17) is 10.00 Å². The maximum atomic E-state index is 13.8. The van der Waals surface area contributed by atoms with Gasteiger partial charge in [0.25, 0.3) is 5.69 Å². The molecule has 6 heteroatoms. The lowest BCUT2D eigenvalue weighted by Crippen LogP contribution is -2.44. The van der Waals surface area contributed by atoms with Gasteiger partial charge in [0.2, 0.25) is 0 Å². The summed E-state index contributed by atoms with van der Waals surface area (Å²) in [6.45, 7) is 3.17. The van der Waals surface area contributed by atoms with E-state index in [0.717, 1.165) is 6.07 Å². The highest BCUT2D eigenvalue weighted by molar-refractivity contribution is 5.56. The molecule has 0 amide bonds. The van der Waals surface area contributed by atoms with Gasteiger partial charge in [0, 0.05) is 24.1 Å². The molecule has 1 aromatic carbocycles. The van der Waals surface area contributed by atoms with Crippen molar-refractivity contribution in [2.75, 3.05) is 0 Å². The summed E-state index contributed by atoms with van der Waals surface area (Å²) in [4.78, 5) is 10.1. The van der Waals surface area contributed by atoms with E-state index in [0.29, 0.717) is 5.56 Å². The lowest BCUT2D eigenvalue weighted by atomic mass is 9.90. The SMILES string of the molecule is CC1(C)Oc2c(C#N)cc([N+](=O)[O-])cc2CC1F. The van der Waals surface area contributed by atoms with E-state index in [9.17, 15) is 14.5 Å². The van der Waals surface area contributed by atoms with Crippen LogP contribution in [0.1, 0.15) is 25.0 Å². The number of rotatable bonds is 1. The Morgan fingerprint density at radius 1 is 1.61 bits per heavy atom. The summed E-state index contributed by atoms with van der Waals surface area (Å²) < 4.78 is 19.3. The minimum Gasteiger partial charge on any atom is -0.483 e. The molecule has 1 aliphatic rings. The van der Waals surface area contributed by atoms with Crippen molar-refractivity contribution in [3.63, 3.8) is 0 Å². The first-order chi connectivity index (χ1) is 8.35. The van der Waals surface area contributed by atoms with Crippen molar-refractivity contribution in [1.29, 1.82) is 5.26 Å². The molecule has 0 spiro atoms. The Morgan fingerprint density at radius 3 is 2.83 bits per heavy atom. The van der Waals surface area contributed by atoms with E-state index in [1.54, 1.807) is 13.8 Å². The van der Waals surface area contributed by atoms with Crippen molar-refractivity contribution < 1.29 is 14.1 Å². The first-order valence-corrected chi connectivity index (χ1v) is 5.39. The van der Waals surface area contributed by atoms with Gasteiger partial charge in [0.1, 0.15) is 29.2 Å². The first-order valence-electron chi connectivity index (χ1n) is 5.39. The van der Waals surface area contributed by atoms with E-state index in [1.807, 2.05) is 6.07 Å². The Balaban J connectivity index is 2.59. The van der Waals surface area contributed by atoms with Crippen LogP contribution in [0.5, 0.6) is 5.75 Å². The molecule has 0 bridgehead atoms. The predicted molar refractivity (Wildman–Crippen MR) is 61.1 cm³/mol. The number of ether oxygens (including phenoxy) is 1. The van der Waals surface area contributed by atoms with Gasteiger partial charge >= 0.3 is 0 Å². The van der Waals surface area contributed by atoms with Crippen LogP contribution in [0.25, 0.3) is 0 Å². The van der Waals surface area contributed by atoms with Crippen molar-refractivity contribution in [2.45, 2.75) is 32.0 Å². The van der Waals surface area contributed by atoms with Crippen molar-refractivity contribution in [3.05, 3.63) is 33.4 Å². The molecule has 2 rings (SSSR count). The highest BCUT2D eigenvalue weighted by atomic mass is 19.1. The Hall–Kier alpha value is -2.16. The van der Waals surface area contributed by atoms with Gasteiger partial charge in [-0.05, 0) is 13.8 Å². The topological polar surface area (TPSA) is 76.2 Å². The van der Waals surface area contributed by atoms with E-state index in [2.05, 4.69) is 0 Å². The molecule has 0 saturated heterocycles. The molecule has 0 fully saturated rings. The summed E-state index contributed by atoms with van der Waals surface area (Å²) >= 11 is 0. The zero-order valence-electron chi connectivity index (χ0n) is 9.94. The Labute approximate surface area is 103 Å². The van der Waals surface area contributed by atoms with Crippen LogP contribution in [0, 0.1) is 21.4 Å². The van der Waals surface area contributed by atoms with Crippen LogP contribution in [0.15, 0.2) is 12.1 Å². The number of nitro benzene ring substituents is 1. The number of hydrogen-bond donors (Lipinski definition) is 0. The molecule has 18 heavy (non-hydrogen) atoms. The van der Waals surface area contributed by atoms with Gasteiger partial charge in [-0.25, -0.2) is 4.39 Å². The Morgan fingerprint density at radius 2 is 2.28 bits per heavy atom. The van der Waals surface area contributed by atoms with Crippen LogP contribution in [0.4, 0.5) is 10.1 Å². The van der Waals surface area contributed by atoms with Crippen molar-refractivity contribution >= 4 is 5.69 Å². The molecule has 1 aromatic rings. The molecular formula is C12H11FN2O3. The van der Waals surface area contributed by atoms with Crippen LogP contribution < -0.4 is 4.74 Å². The second kappa shape index (κ2) is 3.95. The van der Waals surface area contributed by atoms with E-state index in [1.165, 1.54) is 6.07 Å². The number of nitro groups is 1. The summed E-state index contributed by atoms with van der Waals surface area (Å²) in [5.41, 5.74) is -0.818. The van der Waals surface area contributed by atoms with Crippen LogP contribution in [0.3, 0.4) is 0 Å². The van der Waals surface area contributed by atoms with Gasteiger partial charge in [-0.3, -0.25) is 10.1 Å². The average molecular weight is 250 g/mol. The maximum Gasteiger partial charge on any atom is 0.271 e. The monoisotopic (exact) mass is 250 g/mol. The number of hydrogen-bond acceptors (Lipinski definition) is 4. The second-order valence-corrected chi connectivity index (χ2v) is 4.73. The van der Waals surface area contributed by atoms with Gasteiger partial charge in [0.15, 0.2) is 0 Å². The number of halogens is 1. The normalized spacial score (nSPS) is 20.4. The minimum absolute atomic E-state index is 0.0126. The number of fused-ring (bicyclic) bond motifs is 1. The van der Waals surface area contributed by atoms with Crippen molar-refractivity contribution in [3.8, 4) is 11.8 Å². The zero-order valence-corrected chi connectivity index (χ0v) is 9.94. The lowest BCUT2D eigenvalue weighted by Gasteiger charge is -2.35. The Bertz CT molecular complexity index is 563. The molecule has 0 aromatic heterocycles. The molecule has 1 unspecified atom stereocenters. The Kier molecular flexibility index (Phi) is 2.70. The smallest absolute Gasteiger partial charge is 0.271 e. The highest BCUT2D eigenvalue weighted by Crippen LogP contribution is 2.39. The average Bonchev–Trinajstić information content (AvgIpc) is 2.29. The van der Waals surface area contributed by atoms with Gasteiger partial charge in [0.05, 0.1) is 4.92 Å². The summed E-state index contributed by atoms with van der Waals surface area (Å²) in [5, 5.41) is 19.7. The van der Waals surface area contributed by atoms with Gasteiger partial charge in [-0.2, -0.15) is 5.26 Å². The van der Waals surface area contributed by atoms with Gasteiger partial charge in [-0.15, -0.1) is 0 Å². The molecule has 1 heterocycles.